The van der Waals surface area contributed by atoms with Gasteiger partial charge in [-0.2, -0.15) is 0 Å². The molecule has 2 aliphatic rings. The van der Waals surface area contributed by atoms with Gasteiger partial charge in [-0.3, -0.25) is 9.59 Å². The molecule has 0 spiro atoms. The molecule has 1 aromatic carbocycles. The summed E-state index contributed by atoms with van der Waals surface area (Å²) in [5.74, 6) is 0.344. The normalized spacial score (nSPS) is 20.1. The molecule has 0 aromatic heterocycles. The Morgan fingerprint density at radius 1 is 1.05 bits per heavy atom. The molecule has 1 saturated carbocycles. The summed E-state index contributed by atoms with van der Waals surface area (Å²) in [7, 11) is 0. The molecule has 0 bridgehead atoms. The van der Waals surface area contributed by atoms with Crippen LogP contribution in [-0.4, -0.2) is 30.9 Å². The summed E-state index contributed by atoms with van der Waals surface area (Å²) < 4.78 is 0. The van der Waals surface area contributed by atoms with Gasteiger partial charge in [0.1, 0.15) is 6.04 Å². The number of anilines is 1. The summed E-state index contributed by atoms with van der Waals surface area (Å²) in [5, 5.41) is 9.00. The van der Waals surface area contributed by atoms with Crippen LogP contribution < -0.4 is 16.0 Å². The molecule has 3 rings (SSSR count). The van der Waals surface area contributed by atoms with Gasteiger partial charge in [-0.1, -0.05) is 18.2 Å². The Hall–Kier alpha value is -2.04. The number of nitrogens with one attached hydrogen (secondary N) is 3. The highest BCUT2D eigenvalue weighted by molar-refractivity contribution is 5.85. The molecule has 112 valence electrons. The minimum Gasteiger partial charge on any atom is -0.373 e. The SMILES string of the molecule is O=C(NCCNC(=O)C1CCc2ccccc2N1)C1CC1. The van der Waals surface area contributed by atoms with Crippen LogP contribution in [0.2, 0.25) is 0 Å². The number of carbonyl (C=O) groups excluding carboxylic acids is 2. The molecule has 1 unspecified atom stereocenters. The zero-order valence-electron chi connectivity index (χ0n) is 12.0. The number of benzene rings is 1. The van der Waals surface area contributed by atoms with E-state index in [0.717, 1.165) is 31.4 Å². The summed E-state index contributed by atoms with van der Waals surface area (Å²) >= 11 is 0. The molecule has 21 heavy (non-hydrogen) atoms. The standard InChI is InChI=1S/C16H21N3O2/c20-15(12-5-6-12)17-9-10-18-16(21)14-8-7-11-3-1-2-4-13(11)19-14/h1-4,12,14,19H,5-10H2,(H,17,20)(H,18,21). The van der Waals surface area contributed by atoms with E-state index in [1.54, 1.807) is 0 Å². The van der Waals surface area contributed by atoms with Gasteiger partial charge >= 0.3 is 0 Å². The van der Waals surface area contributed by atoms with E-state index in [4.69, 9.17) is 0 Å². The number of carbonyl (C=O) groups is 2. The minimum absolute atomic E-state index is 0.00479. The number of amides is 2. The van der Waals surface area contributed by atoms with Crippen molar-refractivity contribution in [3.05, 3.63) is 29.8 Å². The van der Waals surface area contributed by atoms with E-state index in [1.165, 1.54) is 5.56 Å². The van der Waals surface area contributed by atoms with Gasteiger partial charge in [0.05, 0.1) is 0 Å². The second-order valence-corrected chi connectivity index (χ2v) is 5.75. The van der Waals surface area contributed by atoms with Crippen molar-refractivity contribution in [3.63, 3.8) is 0 Å². The quantitative estimate of drug-likeness (QED) is 0.709. The molecule has 5 heteroatoms. The highest BCUT2D eigenvalue weighted by atomic mass is 16.2. The summed E-state index contributed by atoms with van der Waals surface area (Å²) in [6.45, 7) is 0.988. The van der Waals surface area contributed by atoms with Crippen molar-refractivity contribution in [1.82, 2.24) is 10.6 Å². The van der Waals surface area contributed by atoms with Crippen molar-refractivity contribution >= 4 is 17.5 Å². The molecule has 0 saturated heterocycles. The molecule has 1 aliphatic carbocycles. The molecule has 5 nitrogen and oxygen atoms in total. The second kappa shape index (κ2) is 6.16. The van der Waals surface area contributed by atoms with Gasteiger partial charge in [-0.15, -0.1) is 0 Å². The molecule has 1 aromatic rings. The van der Waals surface area contributed by atoms with Gasteiger partial charge in [-0.25, -0.2) is 0 Å². The van der Waals surface area contributed by atoms with Crippen LogP contribution in [0.1, 0.15) is 24.8 Å². The van der Waals surface area contributed by atoms with Crippen LogP contribution in [-0.2, 0) is 16.0 Å². The van der Waals surface area contributed by atoms with E-state index >= 15 is 0 Å². The fourth-order valence-electron chi connectivity index (χ4n) is 2.62. The Morgan fingerprint density at radius 3 is 2.52 bits per heavy atom. The van der Waals surface area contributed by atoms with Crippen molar-refractivity contribution in [3.8, 4) is 0 Å². The molecule has 1 heterocycles. The Labute approximate surface area is 124 Å². The molecular weight excluding hydrogens is 266 g/mol. The maximum absolute atomic E-state index is 12.1. The second-order valence-electron chi connectivity index (χ2n) is 5.75. The lowest BCUT2D eigenvalue weighted by Crippen LogP contribution is -2.44. The molecule has 1 atom stereocenters. The monoisotopic (exact) mass is 287 g/mol. The predicted molar refractivity (Wildman–Crippen MR) is 80.9 cm³/mol. The van der Waals surface area contributed by atoms with E-state index in [2.05, 4.69) is 22.0 Å². The van der Waals surface area contributed by atoms with E-state index in [9.17, 15) is 9.59 Å². The Balaban J connectivity index is 1.40. The van der Waals surface area contributed by atoms with Crippen molar-refractivity contribution < 1.29 is 9.59 Å². The maximum Gasteiger partial charge on any atom is 0.242 e. The number of para-hydroxylation sites is 1. The van der Waals surface area contributed by atoms with Gasteiger partial charge in [0.15, 0.2) is 0 Å². The fraction of sp³-hybridized carbons (Fsp3) is 0.500. The molecule has 0 radical (unpaired) electrons. The van der Waals surface area contributed by atoms with Crippen molar-refractivity contribution in [1.29, 1.82) is 0 Å². The van der Waals surface area contributed by atoms with Crippen LogP contribution in [0.5, 0.6) is 0 Å². The minimum atomic E-state index is -0.181. The van der Waals surface area contributed by atoms with Gasteiger partial charge in [0.25, 0.3) is 0 Å². The first-order valence-corrected chi connectivity index (χ1v) is 7.64. The predicted octanol–water partition coefficient (Wildman–Crippen LogP) is 1.06. The van der Waals surface area contributed by atoms with Crippen LogP contribution in [0.15, 0.2) is 24.3 Å². The van der Waals surface area contributed by atoms with Gasteiger partial charge in [0, 0.05) is 24.7 Å². The number of fused-ring (bicyclic) bond motifs is 1. The average Bonchev–Trinajstić information content (AvgIpc) is 3.35. The Morgan fingerprint density at radius 2 is 1.76 bits per heavy atom. The molecule has 2 amide bonds. The molecule has 1 fully saturated rings. The van der Waals surface area contributed by atoms with Crippen LogP contribution in [0.4, 0.5) is 5.69 Å². The van der Waals surface area contributed by atoms with E-state index in [-0.39, 0.29) is 23.8 Å². The maximum atomic E-state index is 12.1. The fourth-order valence-corrected chi connectivity index (χ4v) is 2.62. The van der Waals surface area contributed by atoms with Crippen molar-refractivity contribution in [2.45, 2.75) is 31.7 Å². The van der Waals surface area contributed by atoms with Crippen LogP contribution >= 0.6 is 0 Å². The van der Waals surface area contributed by atoms with Crippen molar-refractivity contribution in [2.24, 2.45) is 5.92 Å². The first-order chi connectivity index (χ1) is 10.2. The molecule has 1 aliphatic heterocycles. The van der Waals surface area contributed by atoms with Gasteiger partial charge in [-0.05, 0) is 37.3 Å². The van der Waals surface area contributed by atoms with Crippen LogP contribution in [0.25, 0.3) is 0 Å². The highest BCUT2D eigenvalue weighted by Crippen LogP contribution is 2.28. The summed E-state index contributed by atoms with van der Waals surface area (Å²) in [4.78, 5) is 23.6. The molecular formula is C16H21N3O2. The zero-order chi connectivity index (χ0) is 14.7. The Kier molecular flexibility index (Phi) is 4.08. The summed E-state index contributed by atoms with van der Waals surface area (Å²) in [6, 6.07) is 7.90. The third-order valence-electron chi connectivity index (χ3n) is 4.04. The average molecular weight is 287 g/mol. The lowest BCUT2D eigenvalue weighted by atomic mass is 9.98. The summed E-state index contributed by atoms with van der Waals surface area (Å²) in [6.07, 6.45) is 3.73. The van der Waals surface area contributed by atoms with Crippen molar-refractivity contribution in [2.75, 3.05) is 18.4 Å². The van der Waals surface area contributed by atoms with E-state index < -0.39 is 0 Å². The van der Waals surface area contributed by atoms with E-state index in [0.29, 0.717) is 13.1 Å². The third-order valence-corrected chi connectivity index (χ3v) is 4.04. The zero-order valence-corrected chi connectivity index (χ0v) is 12.0. The van der Waals surface area contributed by atoms with E-state index in [1.807, 2.05) is 18.2 Å². The number of hydrogen-bond donors (Lipinski definition) is 3. The largest absolute Gasteiger partial charge is 0.373 e. The number of aryl methyl sites for hydroxylation is 1. The van der Waals surface area contributed by atoms with Crippen LogP contribution in [0, 0.1) is 5.92 Å². The Bertz CT molecular complexity index is 540. The number of hydrogen-bond acceptors (Lipinski definition) is 3. The third kappa shape index (κ3) is 3.54. The highest BCUT2D eigenvalue weighted by Gasteiger charge is 2.29. The lowest BCUT2D eigenvalue weighted by Gasteiger charge is -2.26. The smallest absolute Gasteiger partial charge is 0.242 e. The first kappa shape index (κ1) is 13.9. The van der Waals surface area contributed by atoms with Gasteiger partial charge in [0.2, 0.25) is 11.8 Å². The lowest BCUT2D eigenvalue weighted by molar-refractivity contribution is -0.124. The molecule has 3 N–H and O–H groups in total. The van der Waals surface area contributed by atoms with Gasteiger partial charge < -0.3 is 16.0 Å². The number of rotatable bonds is 5. The topological polar surface area (TPSA) is 70.2 Å². The van der Waals surface area contributed by atoms with Crippen LogP contribution in [0.3, 0.4) is 0 Å². The first-order valence-electron chi connectivity index (χ1n) is 7.64. The summed E-state index contributed by atoms with van der Waals surface area (Å²) in [5.41, 5.74) is 2.31.